The molecule has 4 rings (SSSR count). The van der Waals surface area contributed by atoms with Crippen molar-refractivity contribution in [1.29, 1.82) is 0 Å². The first-order chi connectivity index (χ1) is 17.9. The van der Waals surface area contributed by atoms with Crippen molar-refractivity contribution in [2.24, 2.45) is 0 Å². The third-order valence-electron chi connectivity index (χ3n) is 5.76. The van der Waals surface area contributed by atoms with Gasteiger partial charge in [0.05, 0.1) is 12.1 Å². The highest BCUT2D eigenvalue weighted by Gasteiger charge is 2.26. The number of nitrogens with zero attached hydrogens (tertiary/aromatic N) is 4. The molecule has 2 amide bonds. The molecule has 0 saturated heterocycles. The number of amides is 2. The van der Waals surface area contributed by atoms with Crippen LogP contribution in [0.3, 0.4) is 0 Å². The molecule has 0 aliphatic heterocycles. The van der Waals surface area contributed by atoms with Gasteiger partial charge in [-0.05, 0) is 77.6 Å². The van der Waals surface area contributed by atoms with Crippen molar-refractivity contribution in [2.45, 2.75) is 65.6 Å². The van der Waals surface area contributed by atoms with Gasteiger partial charge in [0.15, 0.2) is 0 Å². The predicted octanol–water partition coefficient (Wildman–Crippen LogP) is 5.10. The highest BCUT2D eigenvalue weighted by atomic mass is 16.6. The molecule has 0 fully saturated rings. The highest BCUT2D eigenvalue weighted by Crippen LogP contribution is 2.24. The van der Waals surface area contributed by atoms with Crippen molar-refractivity contribution >= 4 is 34.0 Å². The zero-order valence-corrected chi connectivity index (χ0v) is 22.9. The predicted molar refractivity (Wildman–Crippen MR) is 147 cm³/mol. The number of pyridine rings is 2. The molecule has 4 aromatic heterocycles. The van der Waals surface area contributed by atoms with Gasteiger partial charge in [-0.1, -0.05) is 0 Å². The maximum Gasteiger partial charge on any atom is 0.429 e. The standard InChI is InChI=1S/C28H36N6O4/c1-27(2,3)37-25(35)31-13-7-20-18-34(24-9-12-30-17-22(20)24)33(26(36)38-28(4,5)6)14-10-19-15-32-23-8-11-29-16-21(19)23/h8-9,11-12,15-18,32H,7,10,13-14H2,1-6H3,(H,31,35). The zero-order chi connectivity index (χ0) is 27.5. The van der Waals surface area contributed by atoms with E-state index in [2.05, 4.69) is 20.3 Å². The molecule has 0 spiro atoms. The largest absolute Gasteiger partial charge is 0.444 e. The maximum atomic E-state index is 13.4. The lowest BCUT2D eigenvalue weighted by molar-refractivity contribution is 0.0523. The summed E-state index contributed by atoms with van der Waals surface area (Å²) in [5, 5.41) is 6.32. The number of carbonyl (C=O) groups excluding carboxylic acids is 2. The summed E-state index contributed by atoms with van der Waals surface area (Å²) in [6, 6.07) is 3.79. The minimum atomic E-state index is -0.662. The Labute approximate surface area is 222 Å². The summed E-state index contributed by atoms with van der Waals surface area (Å²) in [5.41, 5.74) is 2.58. The van der Waals surface area contributed by atoms with Crippen LogP contribution in [0.25, 0.3) is 21.8 Å². The Balaban J connectivity index is 1.61. The Kier molecular flexibility index (Phi) is 7.61. The maximum absolute atomic E-state index is 13.4. The number of nitrogens with one attached hydrogen (secondary N) is 2. The number of hydrogen-bond acceptors (Lipinski definition) is 6. The first kappa shape index (κ1) is 27.0. The van der Waals surface area contributed by atoms with Crippen LogP contribution >= 0.6 is 0 Å². The minimum Gasteiger partial charge on any atom is -0.444 e. The summed E-state index contributed by atoms with van der Waals surface area (Å²) in [4.78, 5) is 37.4. The third-order valence-corrected chi connectivity index (χ3v) is 5.76. The van der Waals surface area contributed by atoms with E-state index in [1.807, 2.05) is 76.9 Å². The van der Waals surface area contributed by atoms with Crippen LogP contribution in [0.4, 0.5) is 9.59 Å². The fourth-order valence-corrected chi connectivity index (χ4v) is 4.19. The van der Waals surface area contributed by atoms with Crippen LogP contribution in [0.15, 0.2) is 49.3 Å². The van der Waals surface area contributed by atoms with Gasteiger partial charge in [-0.2, -0.15) is 0 Å². The Morgan fingerprint density at radius 1 is 0.947 bits per heavy atom. The molecule has 202 valence electrons. The van der Waals surface area contributed by atoms with Gasteiger partial charge in [0, 0.05) is 60.0 Å². The fraction of sp³-hybridized carbons (Fsp3) is 0.429. The summed E-state index contributed by atoms with van der Waals surface area (Å²) in [5.74, 6) is 0. The van der Waals surface area contributed by atoms with Gasteiger partial charge >= 0.3 is 12.2 Å². The number of H-pyrrole nitrogens is 1. The molecule has 10 nitrogen and oxygen atoms in total. The number of aromatic nitrogens is 4. The molecule has 0 radical (unpaired) electrons. The van der Waals surface area contributed by atoms with E-state index >= 15 is 0 Å². The summed E-state index contributed by atoms with van der Waals surface area (Å²) >= 11 is 0. The SMILES string of the molecule is CC(C)(C)OC(=O)NCCc1cn(N(CCc2c[nH]c3ccncc23)C(=O)OC(C)(C)C)c2ccncc12. The van der Waals surface area contributed by atoms with Gasteiger partial charge in [-0.3, -0.25) is 14.6 Å². The average molecular weight is 521 g/mol. The number of carbonyl (C=O) groups is 2. The summed E-state index contributed by atoms with van der Waals surface area (Å²) < 4.78 is 12.9. The van der Waals surface area contributed by atoms with Crippen molar-refractivity contribution in [3.05, 3.63) is 60.4 Å². The van der Waals surface area contributed by atoms with Crippen LogP contribution in [0.1, 0.15) is 52.7 Å². The molecule has 0 unspecified atom stereocenters. The van der Waals surface area contributed by atoms with Crippen LogP contribution in [-0.4, -0.2) is 56.1 Å². The molecule has 4 aromatic rings. The second-order valence-electron chi connectivity index (χ2n) is 11.2. The van der Waals surface area contributed by atoms with E-state index in [4.69, 9.17) is 9.47 Å². The molecule has 10 heteroatoms. The Bertz CT molecular complexity index is 1430. The lowest BCUT2D eigenvalue weighted by Gasteiger charge is -2.28. The molecule has 0 aliphatic carbocycles. The highest BCUT2D eigenvalue weighted by molar-refractivity contribution is 5.88. The van der Waals surface area contributed by atoms with E-state index in [0.29, 0.717) is 25.9 Å². The van der Waals surface area contributed by atoms with Gasteiger partial charge in [0.25, 0.3) is 0 Å². The Hall–Kier alpha value is -4.08. The first-order valence-corrected chi connectivity index (χ1v) is 12.7. The van der Waals surface area contributed by atoms with E-state index in [-0.39, 0.29) is 0 Å². The molecule has 0 atom stereocenters. The monoisotopic (exact) mass is 520 g/mol. The molecule has 4 heterocycles. The van der Waals surface area contributed by atoms with Crippen molar-refractivity contribution in [3.8, 4) is 0 Å². The van der Waals surface area contributed by atoms with Crippen molar-refractivity contribution in [2.75, 3.05) is 18.1 Å². The van der Waals surface area contributed by atoms with Crippen LogP contribution in [0.2, 0.25) is 0 Å². The van der Waals surface area contributed by atoms with E-state index in [1.165, 1.54) is 0 Å². The molecule has 0 aliphatic rings. The molecule has 0 aromatic carbocycles. The van der Waals surface area contributed by atoms with E-state index in [9.17, 15) is 9.59 Å². The lowest BCUT2D eigenvalue weighted by atomic mass is 10.1. The van der Waals surface area contributed by atoms with E-state index in [0.717, 1.165) is 32.9 Å². The quantitative estimate of drug-likeness (QED) is 0.351. The normalized spacial score (nSPS) is 12.1. The number of hydrogen-bond donors (Lipinski definition) is 2. The topological polar surface area (TPSA) is 114 Å². The molecule has 0 saturated carbocycles. The van der Waals surface area contributed by atoms with Crippen LogP contribution in [0, 0.1) is 0 Å². The smallest absolute Gasteiger partial charge is 0.429 e. The van der Waals surface area contributed by atoms with Gasteiger partial charge in [-0.15, -0.1) is 0 Å². The van der Waals surface area contributed by atoms with Crippen LogP contribution < -0.4 is 10.3 Å². The molecule has 0 bridgehead atoms. The first-order valence-electron chi connectivity index (χ1n) is 12.7. The van der Waals surface area contributed by atoms with Crippen molar-refractivity contribution in [3.63, 3.8) is 0 Å². The average Bonchev–Trinajstić information content (AvgIpc) is 3.39. The number of ether oxygens (including phenoxy) is 2. The van der Waals surface area contributed by atoms with Crippen molar-refractivity contribution in [1.82, 2.24) is 24.9 Å². The lowest BCUT2D eigenvalue weighted by Crippen LogP contribution is -2.44. The summed E-state index contributed by atoms with van der Waals surface area (Å²) in [6.45, 7) is 11.8. The van der Waals surface area contributed by atoms with Gasteiger partial charge in [0.1, 0.15) is 11.2 Å². The molecule has 2 N–H and O–H groups in total. The second-order valence-corrected chi connectivity index (χ2v) is 11.2. The van der Waals surface area contributed by atoms with Gasteiger partial charge in [-0.25, -0.2) is 14.6 Å². The minimum absolute atomic E-state index is 0.373. The van der Waals surface area contributed by atoms with Crippen molar-refractivity contribution < 1.29 is 19.1 Å². The molecular formula is C28H36N6O4. The van der Waals surface area contributed by atoms with Gasteiger partial charge in [0.2, 0.25) is 0 Å². The second kappa shape index (κ2) is 10.7. The number of fused-ring (bicyclic) bond motifs is 2. The van der Waals surface area contributed by atoms with E-state index < -0.39 is 23.4 Å². The molecule has 38 heavy (non-hydrogen) atoms. The molecular weight excluding hydrogens is 484 g/mol. The fourth-order valence-electron chi connectivity index (χ4n) is 4.19. The third kappa shape index (κ3) is 6.62. The Morgan fingerprint density at radius 2 is 1.63 bits per heavy atom. The van der Waals surface area contributed by atoms with Crippen LogP contribution in [0.5, 0.6) is 0 Å². The number of aromatic amines is 1. The van der Waals surface area contributed by atoms with Gasteiger partial charge < -0.3 is 19.8 Å². The van der Waals surface area contributed by atoms with E-state index in [1.54, 1.807) is 23.6 Å². The summed E-state index contributed by atoms with van der Waals surface area (Å²) in [7, 11) is 0. The zero-order valence-electron chi connectivity index (χ0n) is 22.9. The Morgan fingerprint density at radius 3 is 2.34 bits per heavy atom. The van der Waals surface area contributed by atoms with Crippen LogP contribution in [-0.2, 0) is 22.3 Å². The number of rotatable bonds is 7. The summed E-state index contributed by atoms with van der Waals surface area (Å²) in [6.07, 6.45) is 11.1. The number of alkyl carbamates (subject to hydrolysis) is 1.